The quantitative estimate of drug-likeness (QED) is 0.495. The summed E-state index contributed by atoms with van der Waals surface area (Å²) in [5, 5.41) is 8.88. The van der Waals surface area contributed by atoms with Crippen LogP contribution in [0, 0.1) is 0 Å². The lowest BCUT2D eigenvalue weighted by molar-refractivity contribution is 1.10. The Morgan fingerprint density at radius 1 is 0.920 bits per heavy atom. The number of hydrogen-bond donors (Lipinski definition) is 2. The molecule has 0 saturated carbocycles. The van der Waals surface area contributed by atoms with Crippen LogP contribution in [-0.4, -0.2) is 20.2 Å². The molecular formula is C19H13N5S. The highest BCUT2D eigenvalue weighted by Gasteiger charge is 2.13. The number of nitrogens with zero attached hydrogens (tertiary/aromatic N) is 3. The number of nitrogens with one attached hydrogen (secondary N) is 1. The second-order valence-electron chi connectivity index (χ2n) is 5.78. The van der Waals surface area contributed by atoms with Crippen molar-refractivity contribution in [3.05, 3.63) is 60.9 Å². The molecule has 0 aliphatic carbocycles. The van der Waals surface area contributed by atoms with Gasteiger partial charge in [0.25, 0.3) is 0 Å². The molecule has 0 fully saturated rings. The number of anilines is 1. The van der Waals surface area contributed by atoms with Crippen molar-refractivity contribution in [3.8, 4) is 21.8 Å². The molecule has 25 heavy (non-hydrogen) atoms. The van der Waals surface area contributed by atoms with Crippen molar-refractivity contribution >= 4 is 38.1 Å². The zero-order valence-electron chi connectivity index (χ0n) is 13.1. The Hall–Kier alpha value is -3.25. The monoisotopic (exact) mass is 343 g/mol. The molecule has 5 nitrogen and oxygen atoms in total. The number of pyridine rings is 1. The molecule has 0 bridgehead atoms. The summed E-state index contributed by atoms with van der Waals surface area (Å²) in [4.78, 5) is 9.99. The summed E-state index contributed by atoms with van der Waals surface area (Å²) in [5.41, 5.74) is 9.23. The number of aromatic amines is 1. The lowest BCUT2D eigenvalue weighted by atomic mass is 10.1. The molecule has 120 valence electrons. The first-order valence-electron chi connectivity index (χ1n) is 7.83. The van der Waals surface area contributed by atoms with Crippen molar-refractivity contribution in [3.63, 3.8) is 0 Å². The number of H-pyrrole nitrogens is 1. The largest absolute Gasteiger partial charge is 0.383 e. The zero-order chi connectivity index (χ0) is 16.8. The second-order valence-corrected chi connectivity index (χ2v) is 6.83. The standard InChI is InChI=1S/C19H13N5S/c20-18-14-9-16(11-4-2-1-3-5-11)25-17(14)13-7-6-12(8-15(13)23-18)19-21-10-22-24-19/h1-10H,(H2,20,23)(H,21,22,24). The lowest BCUT2D eigenvalue weighted by Crippen LogP contribution is -1.92. The topological polar surface area (TPSA) is 80.5 Å². The van der Waals surface area contributed by atoms with Crippen LogP contribution in [0.25, 0.3) is 42.8 Å². The van der Waals surface area contributed by atoms with E-state index in [1.807, 2.05) is 30.3 Å². The van der Waals surface area contributed by atoms with E-state index in [1.54, 1.807) is 11.3 Å². The van der Waals surface area contributed by atoms with E-state index in [-0.39, 0.29) is 0 Å². The van der Waals surface area contributed by atoms with Gasteiger partial charge < -0.3 is 5.73 Å². The van der Waals surface area contributed by atoms with Gasteiger partial charge in [-0.05, 0) is 17.7 Å². The third-order valence-electron chi connectivity index (χ3n) is 4.24. The third-order valence-corrected chi connectivity index (χ3v) is 5.46. The number of fused-ring (bicyclic) bond motifs is 3. The molecule has 0 aliphatic heterocycles. The van der Waals surface area contributed by atoms with Gasteiger partial charge in [-0.1, -0.05) is 42.5 Å². The number of nitrogen functional groups attached to an aromatic ring is 1. The lowest BCUT2D eigenvalue weighted by Gasteiger charge is -2.04. The molecule has 5 rings (SSSR count). The molecule has 0 unspecified atom stereocenters. The summed E-state index contributed by atoms with van der Waals surface area (Å²) >= 11 is 1.74. The number of thiophene rings is 1. The molecule has 0 radical (unpaired) electrons. The van der Waals surface area contributed by atoms with Gasteiger partial charge in [-0.25, -0.2) is 9.97 Å². The molecular weight excluding hydrogens is 330 g/mol. The van der Waals surface area contributed by atoms with Gasteiger partial charge in [-0.15, -0.1) is 11.3 Å². The fraction of sp³-hybridized carbons (Fsp3) is 0. The minimum Gasteiger partial charge on any atom is -0.383 e. The van der Waals surface area contributed by atoms with E-state index >= 15 is 0 Å². The van der Waals surface area contributed by atoms with E-state index in [0.717, 1.165) is 32.4 Å². The predicted octanol–water partition coefficient (Wildman–Crippen LogP) is 4.48. The maximum Gasteiger partial charge on any atom is 0.155 e. The minimum atomic E-state index is 0.552. The van der Waals surface area contributed by atoms with Gasteiger partial charge in [-0.3, -0.25) is 5.10 Å². The molecule has 3 aromatic heterocycles. The third kappa shape index (κ3) is 2.27. The van der Waals surface area contributed by atoms with Crippen molar-refractivity contribution in [1.82, 2.24) is 20.2 Å². The molecule has 0 atom stereocenters. The van der Waals surface area contributed by atoms with Crippen LogP contribution in [0.4, 0.5) is 5.82 Å². The van der Waals surface area contributed by atoms with E-state index in [9.17, 15) is 0 Å². The van der Waals surface area contributed by atoms with Gasteiger partial charge in [0.1, 0.15) is 12.1 Å². The fourth-order valence-electron chi connectivity index (χ4n) is 3.02. The van der Waals surface area contributed by atoms with Gasteiger partial charge in [0.05, 0.1) is 5.52 Å². The highest BCUT2D eigenvalue weighted by molar-refractivity contribution is 7.23. The van der Waals surface area contributed by atoms with Crippen LogP contribution in [-0.2, 0) is 0 Å². The smallest absolute Gasteiger partial charge is 0.155 e. The van der Waals surface area contributed by atoms with E-state index < -0.39 is 0 Å². The van der Waals surface area contributed by atoms with Crippen LogP contribution < -0.4 is 5.73 Å². The van der Waals surface area contributed by atoms with Crippen molar-refractivity contribution in [2.45, 2.75) is 0 Å². The molecule has 2 aromatic carbocycles. The summed E-state index contributed by atoms with van der Waals surface area (Å²) in [5.74, 6) is 1.27. The minimum absolute atomic E-state index is 0.552. The van der Waals surface area contributed by atoms with Crippen molar-refractivity contribution in [2.75, 3.05) is 5.73 Å². The van der Waals surface area contributed by atoms with Crippen LogP contribution >= 0.6 is 11.3 Å². The molecule has 0 amide bonds. The highest BCUT2D eigenvalue weighted by atomic mass is 32.1. The first-order valence-corrected chi connectivity index (χ1v) is 8.65. The SMILES string of the molecule is Nc1nc2cc(-c3ncn[nH]3)ccc2c2sc(-c3ccccc3)cc12. The normalized spacial score (nSPS) is 11.4. The number of benzene rings is 2. The maximum atomic E-state index is 6.24. The van der Waals surface area contributed by atoms with Gasteiger partial charge in [0.2, 0.25) is 0 Å². The molecule has 0 spiro atoms. The predicted molar refractivity (Wildman–Crippen MR) is 102 cm³/mol. The number of aromatic nitrogens is 4. The van der Waals surface area contributed by atoms with Crippen LogP contribution in [0.3, 0.4) is 0 Å². The fourth-order valence-corrected chi connectivity index (χ4v) is 4.23. The van der Waals surface area contributed by atoms with Gasteiger partial charge in [0, 0.05) is 25.9 Å². The Labute approximate surface area is 147 Å². The molecule has 3 heterocycles. The average Bonchev–Trinajstić information content (AvgIpc) is 3.32. The second kappa shape index (κ2) is 5.39. The van der Waals surface area contributed by atoms with Crippen LogP contribution in [0.15, 0.2) is 60.9 Å². The van der Waals surface area contributed by atoms with Gasteiger partial charge in [-0.2, -0.15) is 5.10 Å². The van der Waals surface area contributed by atoms with Crippen LogP contribution in [0.1, 0.15) is 0 Å². The molecule has 6 heteroatoms. The molecule has 0 aliphatic rings. The van der Waals surface area contributed by atoms with Crippen molar-refractivity contribution < 1.29 is 0 Å². The Balaban J connectivity index is 1.76. The molecule has 3 N–H and O–H groups in total. The Morgan fingerprint density at radius 3 is 2.60 bits per heavy atom. The van der Waals surface area contributed by atoms with E-state index in [2.05, 4.69) is 44.4 Å². The molecule has 5 aromatic rings. The number of nitrogens with two attached hydrogens (primary N) is 1. The first-order chi connectivity index (χ1) is 12.3. The number of rotatable bonds is 2. The zero-order valence-corrected chi connectivity index (χ0v) is 13.9. The summed E-state index contributed by atoms with van der Waals surface area (Å²) in [6.45, 7) is 0. The van der Waals surface area contributed by atoms with Crippen molar-refractivity contribution in [2.24, 2.45) is 0 Å². The van der Waals surface area contributed by atoms with Gasteiger partial charge in [0.15, 0.2) is 5.82 Å². The van der Waals surface area contributed by atoms with E-state index in [1.165, 1.54) is 16.8 Å². The van der Waals surface area contributed by atoms with E-state index in [4.69, 9.17) is 5.73 Å². The summed E-state index contributed by atoms with van der Waals surface area (Å²) in [6.07, 6.45) is 1.50. The van der Waals surface area contributed by atoms with Crippen molar-refractivity contribution in [1.29, 1.82) is 0 Å². The molecule has 0 saturated heterocycles. The first kappa shape index (κ1) is 14.1. The average molecular weight is 343 g/mol. The van der Waals surface area contributed by atoms with Gasteiger partial charge >= 0.3 is 0 Å². The summed E-state index contributed by atoms with van der Waals surface area (Å²) in [6, 6.07) is 18.6. The van der Waals surface area contributed by atoms with Crippen LogP contribution in [0.2, 0.25) is 0 Å². The maximum absolute atomic E-state index is 6.24. The number of hydrogen-bond acceptors (Lipinski definition) is 5. The Morgan fingerprint density at radius 2 is 1.80 bits per heavy atom. The highest BCUT2D eigenvalue weighted by Crippen LogP contribution is 2.39. The van der Waals surface area contributed by atoms with E-state index in [0.29, 0.717) is 5.82 Å². The summed E-state index contributed by atoms with van der Waals surface area (Å²) < 4.78 is 1.16. The Kier molecular flexibility index (Phi) is 3.05. The van der Waals surface area contributed by atoms with Crippen LogP contribution in [0.5, 0.6) is 0 Å². The summed E-state index contributed by atoms with van der Waals surface area (Å²) in [7, 11) is 0. The Bertz CT molecular complexity index is 1190.